The van der Waals surface area contributed by atoms with Crippen LogP contribution in [-0.2, 0) is 0 Å². The highest BCUT2D eigenvalue weighted by atomic mass is 19.4. The molecule has 0 radical (unpaired) electrons. The molecule has 0 aliphatic heterocycles. The number of alkyl halides is 3. The van der Waals surface area contributed by atoms with Crippen molar-refractivity contribution in [3.63, 3.8) is 0 Å². The summed E-state index contributed by atoms with van der Waals surface area (Å²) >= 11 is 0. The molecule has 0 fully saturated rings. The third-order valence-corrected chi connectivity index (χ3v) is 1.21. The highest BCUT2D eigenvalue weighted by molar-refractivity contribution is 5.33. The van der Waals surface area contributed by atoms with E-state index >= 15 is 0 Å². The molecule has 4 heteroatoms. The molecule has 0 rings (SSSR count). The lowest BCUT2D eigenvalue weighted by Crippen LogP contribution is -2.12. The van der Waals surface area contributed by atoms with Crippen molar-refractivity contribution in [1.82, 2.24) is 0 Å². The number of aliphatic hydroxyl groups is 1. The van der Waals surface area contributed by atoms with Crippen LogP contribution in [0.2, 0.25) is 0 Å². The first kappa shape index (κ1) is 11.8. The van der Waals surface area contributed by atoms with E-state index < -0.39 is 17.5 Å². The molecule has 13 heavy (non-hydrogen) atoms. The smallest absolute Gasteiger partial charge is 0.419 e. The van der Waals surface area contributed by atoms with Crippen molar-refractivity contribution in [3.05, 3.63) is 35.6 Å². The third-order valence-electron chi connectivity index (χ3n) is 1.21. The summed E-state index contributed by atoms with van der Waals surface area (Å²) in [5.74, 6) is -0.853. The number of hydrogen-bond acceptors (Lipinski definition) is 1. The fraction of sp³-hybridized carbons (Fsp3) is 0.333. The maximum absolute atomic E-state index is 12.2. The Morgan fingerprint density at radius 2 is 1.77 bits per heavy atom. The highest BCUT2D eigenvalue weighted by Gasteiger charge is 2.34. The first-order valence-electron chi connectivity index (χ1n) is 3.56. The lowest BCUT2D eigenvalue weighted by molar-refractivity contribution is -0.0905. The number of aliphatic hydroxyl groups excluding tert-OH is 1. The zero-order valence-corrected chi connectivity index (χ0v) is 7.44. The number of hydrogen-bond donors (Lipinski definition) is 1. The van der Waals surface area contributed by atoms with Gasteiger partial charge in [-0.1, -0.05) is 12.2 Å². The van der Waals surface area contributed by atoms with Gasteiger partial charge in [-0.3, -0.25) is 0 Å². The van der Waals surface area contributed by atoms with Crippen LogP contribution >= 0.6 is 0 Å². The van der Waals surface area contributed by atoms with Gasteiger partial charge in [-0.15, -0.1) is 0 Å². The topological polar surface area (TPSA) is 20.2 Å². The molecule has 0 heterocycles. The van der Waals surface area contributed by atoms with Crippen LogP contribution in [0.15, 0.2) is 35.6 Å². The van der Waals surface area contributed by atoms with Crippen molar-refractivity contribution in [2.24, 2.45) is 0 Å². The van der Waals surface area contributed by atoms with Gasteiger partial charge in [-0.25, -0.2) is 0 Å². The molecule has 0 amide bonds. The molecule has 0 aliphatic rings. The summed E-state index contributed by atoms with van der Waals surface area (Å²) in [5.41, 5.74) is -0.608. The van der Waals surface area contributed by atoms with Gasteiger partial charge in [0.1, 0.15) is 5.76 Å². The van der Waals surface area contributed by atoms with Gasteiger partial charge < -0.3 is 5.11 Å². The number of halogens is 3. The molecule has 0 aromatic carbocycles. The summed E-state index contributed by atoms with van der Waals surface area (Å²) in [6.45, 7) is 6.10. The van der Waals surface area contributed by atoms with Crippen LogP contribution in [0.5, 0.6) is 0 Å². The van der Waals surface area contributed by atoms with Gasteiger partial charge in [0.05, 0.1) is 5.57 Å². The Kier molecular flexibility index (Phi) is 3.78. The van der Waals surface area contributed by atoms with Gasteiger partial charge >= 0.3 is 6.18 Å². The number of allylic oxidation sites excluding steroid dienone is 4. The van der Waals surface area contributed by atoms with Crippen molar-refractivity contribution in [3.8, 4) is 0 Å². The van der Waals surface area contributed by atoms with Gasteiger partial charge in [0.15, 0.2) is 0 Å². The predicted molar refractivity (Wildman–Crippen MR) is 45.3 cm³/mol. The molecule has 0 spiro atoms. The van der Waals surface area contributed by atoms with Crippen LogP contribution in [0.3, 0.4) is 0 Å². The lowest BCUT2D eigenvalue weighted by Gasteiger charge is -2.09. The van der Waals surface area contributed by atoms with E-state index in [2.05, 4.69) is 6.58 Å². The van der Waals surface area contributed by atoms with Crippen LogP contribution in [-0.4, -0.2) is 11.3 Å². The summed E-state index contributed by atoms with van der Waals surface area (Å²) in [7, 11) is 0. The van der Waals surface area contributed by atoms with Gasteiger partial charge in [0.25, 0.3) is 0 Å². The summed E-state index contributed by atoms with van der Waals surface area (Å²) in [4.78, 5) is 0. The molecule has 0 aromatic rings. The minimum Gasteiger partial charge on any atom is -0.507 e. The summed E-state index contributed by atoms with van der Waals surface area (Å²) < 4.78 is 36.6. The Bertz CT molecular complexity index is 255. The molecule has 74 valence electrons. The van der Waals surface area contributed by atoms with Gasteiger partial charge in [0.2, 0.25) is 0 Å². The summed E-state index contributed by atoms with van der Waals surface area (Å²) in [5, 5.41) is 8.90. The van der Waals surface area contributed by atoms with E-state index in [0.717, 1.165) is 12.2 Å². The van der Waals surface area contributed by atoms with Crippen LogP contribution in [0.25, 0.3) is 0 Å². The molecule has 1 nitrogen and oxygen atoms in total. The summed E-state index contributed by atoms with van der Waals surface area (Å²) in [6, 6.07) is 0. The third kappa shape index (κ3) is 3.83. The summed E-state index contributed by atoms with van der Waals surface area (Å²) in [6.07, 6.45) is -2.91. The minimum absolute atomic E-state index is 0.459. The highest BCUT2D eigenvalue weighted by Crippen LogP contribution is 2.29. The standard InChI is InChI=1S/C9H11F3O/c1-4-8(13)7(5-6(2)3)9(10,11)12/h4-5,13H,1H2,2-3H3/b8-7-. The second-order valence-corrected chi connectivity index (χ2v) is 2.72. The van der Waals surface area contributed by atoms with E-state index in [4.69, 9.17) is 5.11 Å². The first-order chi connectivity index (χ1) is 5.79. The van der Waals surface area contributed by atoms with Crippen LogP contribution in [0.1, 0.15) is 13.8 Å². The van der Waals surface area contributed by atoms with Crippen molar-refractivity contribution in [2.75, 3.05) is 0 Å². The zero-order valence-electron chi connectivity index (χ0n) is 7.44. The van der Waals surface area contributed by atoms with E-state index in [1.165, 1.54) is 13.8 Å². The Morgan fingerprint density at radius 1 is 1.31 bits per heavy atom. The van der Waals surface area contributed by atoms with E-state index in [9.17, 15) is 13.2 Å². The SMILES string of the molecule is C=C/C(O)=C(\C=C(C)C)C(F)(F)F. The van der Waals surface area contributed by atoms with Gasteiger partial charge in [-0.2, -0.15) is 13.2 Å². The predicted octanol–water partition coefficient (Wildman–Crippen LogP) is 3.51. The Hall–Kier alpha value is -1.19. The normalized spacial score (nSPS) is 13.3. The average Bonchev–Trinajstić information content (AvgIpc) is 1.96. The fourth-order valence-electron chi connectivity index (χ4n) is 0.700. The molecule has 0 saturated carbocycles. The first-order valence-corrected chi connectivity index (χ1v) is 3.56. The molecular weight excluding hydrogens is 181 g/mol. The number of rotatable bonds is 2. The van der Waals surface area contributed by atoms with E-state index in [-0.39, 0.29) is 0 Å². The second-order valence-electron chi connectivity index (χ2n) is 2.72. The van der Waals surface area contributed by atoms with E-state index in [0.29, 0.717) is 5.57 Å². The molecule has 1 N–H and O–H groups in total. The van der Waals surface area contributed by atoms with Crippen molar-refractivity contribution < 1.29 is 18.3 Å². The van der Waals surface area contributed by atoms with Crippen molar-refractivity contribution >= 4 is 0 Å². The molecular formula is C9H11F3O. The Morgan fingerprint density at radius 3 is 2.00 bits per heavy atom. The molecule has 0 atom stereocenters. The largest absolute Gasteiger partial charge is 0.507 e. The molecule has 0 aromatic heterocycles. The maximum atomic E-state index is 12.2. The van der Waals surface area contributed by atoms with E-state index in [1.807, 2.05) is 0 Å². The van der Waals surface area contributed by atoms with Crippen LogP contribution in [0, 0.1) is 0 Å². The van der Waals surface area contributed by atoms with Crippen LogP contribution < -0.4 is 0 Å². The molecule has 0 aliphatic carbocycles. The Labute approximate surface area is 74.9 Å². The maximum Gasteiger partial charge on any atom is 0.419 e. The van der Waals surface area contributed by atoms with Crippen molar-refractivity contribution in [1.29, 1.82) is 0 Å². The Balaban J connectivity index is 5.24. The van der Waals surface area contributed by atoms with Gasteiger partial charge in [0, 0.05) is 0 Å². The minimum atomic E-state index is -4.55. The lowest BCUT2D eigenvalue weighted by atomic mass is 10.1. The van der Waals surface area contributed by atoms with Gasteiger partial charge in [-0.05, 0) is 26.0 Å². The fourth-order valence-corrected chi connectivity index (χ4v) is 0.700. The zero-order chi connectivity index (χ0) is 10.6. The molecule has 0 unspecified atom stereocenters. The molecule has 0 bridgehead atoms. The average molecular weight is 192 g/mol. The van der Waals surface area contributed by atoms with Crippen LogP contribution in [0.4, 0.5) is 13.2 Å². The quantitative estimate of drug-likeness (QED) is 0.524. The second kappa shape index (κ2) is 4.16. The van der Waals surface area contributed by atoms with Crippen molar-refractivity contribution in [2.45, 2.75) is 20.0 Å². The monoisotopic (exact) mass is 192 g/mol. The van der Waals surface area contributed by atoms with E-state index in [1.54, 1.807) is 0 Å². The molecule has 0 saturated heterocycles.